The number of carboxylic acids is 1. The van der Waals surface area contributed by atoms with Crippen molar-refractivity contribution in [2.24, 2.45) is 0 Å². The Bertz CT molecular complexity index is 2340. The summed E-state index contributed by atoms with van der Waals surface area (Å²) < 4.78 is 11.6. The van der Waals surface area contributed by atoms with Crippen molar-refractivity contribution < 1.29 is 53.7 Å². The Kier molecular flexibility index (Phi) is 12.2. The van der Waals surface area contributed by atoms with Crippen molar-refractivity contribution in [2.75, 3.05) is 20.2 Å². The Hall–Kier alpha value is -7.26. The van der Waals surface area contributed by atoms with Gasteiger partial charge in [-0.25, -0.2) is 14.8 Å². The number of benzene rings is 4. The number of nitrogens with one attached hydrogen (secondary N) is 2. The van der Waals surface area contributed by atoms with Crippen molar-refractivity contribution in [1.29, 1.82) is 0 Å². The molecule has 6 rings (SSSR count). The van der Waals surface area contributed by atoms with Gasteiger partial charge in [-0.3, -0.25) is 19.3 Å². The maximum absolute atomic E-state index is 12.3. The van der Waals surface area contributed by atoms with Gasteiger partial charge < -0.3 is 35.4 Å². The van der Waals surface area contributed by atoms with E-state index in [-0.39, 0.29) is 22.9 Å². The highest BCUT2D eigenvalue weighted by Gasteiger charge is 2.21. The van der Waals surface area contributed by atoms with Crippen LogP contribution in [0.1, 0.15) is 32.4 Å². The van der Waals surface area contributed by atoms with Crippen LogP contribution in [-0.2, 0) is 19.4 Å². The van der Waals surface area contributed by atoms with E-state index in [1.807, 2.05) is 60.7 Å². The highest BCUT2D eigenvalue weighted by atomic mass is 17.2. The number of ether oxygens (including phenoxy) is 2. The van der Waals surface area contributed by atoms with Gasteiger partial charge in [0.1, 0.15) is 36.1 Å². The van der Waals surface area contributed by atoms with Gasteiger partial charge in [-0.1, -0.05) is 36.4 Å². The number of carbonyl (C=O) groups excluding carboxylic acids is 3. The molecule has 0 spiro atoms. The number of aryl methyl sites for hydroxylation is 2. The molecule has 2 amide bonds. The molecule has 0 saturated heterocycles. The number of amides is 2. The number of rotatable bonds is 11. The third kappa shape index (κ3) is 9.34. The van der Waals surface area contributed by atoms with Crippen LogP contribution in [0.25, 0.3) is 21.5 Å². The monoisotopic (exact) mass is 734 g/mol. The predicted molar refractivity (Wildman–Crippen MR) is 195 cm³/mol. The average Bonchev–Trinajstić information content (AvgIpc) is 3.17. The molecule has 4 aromatic carbocycles. The second-order valence-corrected chi connectivity index (χ2v) is 11.4. The molecule has 276 valence electrons. The molecule has 2 aromatic heterocycles. The molecule has 0 aliphatic carbocycles. The van der Waals surface area contributed by atoms with E-state index in [0.717, 1.165) is 0 Å². The summed E-state index contributed by atoms with van der Waals surface area (Å²) in [4.78, 5) is 62.9. The fraction of sp³-hybridized carbons (Fsp3) is 0.128. The number of carbonyl (C=O) groups is 4. The molecule has 2 heterocycles. The molecule has 0 saturated carbocycles. The van der Waals surface area contributed by atoms with Crippen molar-refractivity contribution in [1.82, 2.24) is 20.6 Å². The van der Waals surface area contributed by atoms with E-state index in [2.05, 4.69) is 30.4 Å². The fourth-order valence-electron chi connectivity index (χ4n) is 5.17. The Morgan fingerprint density at radius 1 is 0.593 bits per heavy atom. The van der Waals surface area contributed by atoms with Crippen LogP contribution in [0.2, 0.25) is 0 Å². The van der Waals surface area contributed by atoms with Crippen molar-refractivity contribution >= 4 is 45.3 Å². The zero-order valence-electron chi connectivity index (χ0n) is 29.2. The third-order valence-corrected chi connectivity index (χ3v) is 7.64. The number of aliphatic carboxylic acids is 1. The van der Waals surface area contributed by atoms with Crippen LogP contribution in [0.3, 0.4) is 0 Å². The summed E-state index contributed by atoms with van der Waals surface area (Å²) in [7, 11) is 1.18. The molecular formula is C39H34N4O11. The molecule has 0 aliphatic rings. The first-order chi connectivity index (χ1) is 25.9. The number of hydrogen-bond donors (Lipinski definition) is 5. The van der Waals surface area contributed by atoms with Gasteiger partial charge in [0.15, 0.2) is 22.9 Å². The number of para-hydroxylation sites is 2. The van der Waals surface area contributed by atoms with Crippen LogP contribution in [0, 0.1) is 13.8 Å². The first kappa shape index (κ1) is 38.0. The zero-order valence-corrected chi connectivity index (χ0v) is 29.2. The number of aromatic nitrogens is 2. The van der Waals surface area contributed by atoms with E-state index < -0.39 is 36.8 Å². The van der Waals surface area contributed by atoms with E-state index in [0.29, 0.717) is 55.9 Å². The van der Waals surface area contributed by atoms with E-state index in [1.165, 1.54) is 7.11 Å². The van der Waals surface area contributed by atoms with Gasteiger partial charge in [-0.05, 0) is 74.5 Å². The summed E-state index contributed by atoms with van der Waals surface area (Å²) in [6, 6.07) is 28.6. The minimum absolute atomic E-state index is 0.188. The minimum Gasteiger partial charge on any atom is -0.505 e. The minimum atomic E-state index is -1.18. The molecule has 15 heteroatoms. The normalized spacial score (nSPS) is 10.5. The summed E-state index contributed by atoms with van der Waals surface area (Å²) in [5.74, 6) is -1.53. The highest BCUT2D eigenvalue weighted by molar-refractivity contribution is 6.04. The molecule has 0 radical (unpaired) electrons. The molecular weight excluding hydrogens is 700 g/mol. The van der Waals surface area contributed by atoms with Gasteiger partial charge in [-0.15, -0.1) is 0 Å². The summed E-state index contributed by atoms with van der Waals surface area (Å²) in [5.41, 5.74) is 0.632. The van der Waals surface area contributed by atoms with Crippen LogP contribution < -0.4 is 20.1 Å². The topological polar surface area (TPSA) is 216 Å². The van der Waals surface area contributed by atoms with Crippen molar-refractivity contribution in [3.8, 4) is 34.5 Å². The van der Waals surface area contributed by atoms with Gasteiger partial charge in [0.25, 0.3) is 11.8 Å². The number of aromatic hydroxyl groups is 2. The fourth-order valence-corrected chi connectivity index (χ4v) is 5.17. The molecule has 5 N–H and O–H groups in total. The molecule has 0 aliphatic heterocycles. The van der Waals surface area contributed by atoms with Crippen LogP contribution in [-0.4, -0.2) is 69.2 Å². The summed E-state index contributed by atoms with van der Waals surface area (Å²) in [6.07, 6.45) is 0. The van der Waals surface area contributed by atoms with Gasteiger partial charge in [-0.2, -0.15) is 4.89 Å². The highest BCUT2D eigenvalue weighted by Crippen LogP contribution is 2.35. The van der Waals surface area contributed by atoms with E-state index in [4.69, 9.17) is 14.6 Å². The average molecular weight is 735 g/mol. The van der Waals surface area contributed by atoms with Crippen LogP contribution >= 0.6 is 0 Å². The van der Waals surface area contributed by atoms with Crippen LogP contribution in [0.15, 0.2) is 97.1 Å². The van der Waals surface area contributed by atoms with Crippen molar-refractivity contribution in [2.45, 2.75) is 13.8 Å². The number of carboxylic acid groups (broad SMARTS) is 1. The second kappa shape index (κ2) is 17.3. The molecule has 15 nitrogen and oxygen atoms in total. The molecule has 0 fully saturated rings. The maximum Gasteiger partial charge on any atom is 0.361 e. The maximum atomic E-state index is 12.3. The summed E-state index contributed by atoms with van der Waals surface area (Å²) in [5, 5.41) is 36.2. The van der Waals surface area contributed by atoms with Crippen molar-refractivity contribution in [3.63, 3.8) is 0 Å². The molecule has 0 atom stereocenters. The van der Waals surface area contributed by atoms with E-state index in [1.54, 1.807) is 50.2 Å². The van der Waals surface area contributed by atoms with Gasteiger partial charge in [0, 0.05) is 32.9 Å². The van der Waals surface area contributed by atoms with Crippen LogP contribution in [0.5, 0.6) is 34.5 Å². The first-order valence-electron chi connectivity index (χ1n) is 16.2. The molecule has 54 heavy (non-hydrogen) atoms. The molecule has 6 aromatic rings. The van der Waals surface area contributed by atoms with E-state index in [9.17, 15) is 29.4 Å². The lowest BCUT2D eigenvalue weighted by Gasteiger charge is -2.12. The number of fused-ring (bicyclic) bond motifs is 2. The summed E-state index contributed by atoms with van der Waals surface area (Å²) in [6.45, 7) is 2.43. The molecule has 0 bridgehead atoms. The number of nitrogens with zero attached hydrogens (tertiary/aromatic N) is 2. The van der Waals surface area contributed by atoms with Crippen LogP contribution in [0.4, 0.5) is 0 Å². The van der Waals surface area contributed by atoms with Gasteiger partial charge in [0.2, 0.25) is 0 Å². The van der Waals surface area contributed by atoms with E-state index >= 15 is 0 Å². The Morgan fingerprint density at radius 3 is 1.43 bits per heavy atom. The zero-order chi connectivity index (χ0) is 38.8. The Balaban J connectivity index is 0.000000208. The molecule has 0 unspecified atom stereocenters. The second-order valence-electron chi connectivity index (χ2n) is 11.4. The lowest BCUT2D eigenvalue weighted by molar-refractivity contribution is -0.253. The third-order valence-electron chi connectivity index (χ3n) is 7.64. The van der Waals surface area contributed by atoms with Gasteiger partial charge in [0.05, 0.1) is 7.11 Å². The van der Waals surface area contributed by atoms with Gasteiger partial charge >= 0.3 is 11.9 Å². The Labute approximate surface area is 307 Å². The smallest absolute Gasteiger partial charge is 0.361 e. The standard InChI is InChI=1S/C20H18N2O6.C19H16N2O5/c1-12-16-10-14(27-13-6-4-3-5-7-13)8-9-15(16)19(24)18(22-12)20(25)21-11-17(23)28-26-2;1-11-15-9-13(26-12-5-3-2-4-6-12)7-8-14(15)18(24)17(21-11)19(25)20-10-16(22)23/h3-10,24H,11H2,1-2H3,(H,21,25);2-9,24H,10H2,1H3,(H,20,25)(H,22,23). The lowest BCUT2D eigenvalue weighted by Crippen LogP contribution is -2.31. The quantitative estimate of drug-likeness (QED) is 0.0795. The number of pyridine rings is 2. The first-order valence-corrected chi connectivity index (χ1v) is 16.2. The lowest BCUT2D eigenvalue weighted by atomic mass is 10.1. The Morgan fingerprint density at radius 2 is 1.02 bits per heavy atom. The summed E-state index contributed by atoms with van der Waals surface area (Å²) >= 11 is 0. The SMILES string of the molecule is COOC(=O)CNC(=O)c1nc(C)c2cc(Oc3ccccc3)ccc2c1O.Cc1nc(C(=O)NCC(=O)O)c(O)c2ccc(Oc3ccccc3)cc12. The van der Waals surface area contributed by atoms with Crippen molar-refractivity contribution in [3.05, 3.63) is 120 Å². The number of hydrogen-bond acceptors (Lipinski definition) is 12. The predicted octanol–water partition coefficient (Wildman–Crippen LogP) is 5.73. The largest absolute Gasteiger partial charge is 0.505 e.